The molecule has 2 aromatic heterocycles. The lowest BCUT2D eigenvalue weighted by Gasteiger charge is -2.33. The number of nitrogens with zero attached hydrogens (tertiary/aromatic N) is 3. The van der Waals surface area contributed by atoms with E-state index >= 15 is 0 Å². The van der Waals surface area contributed by atoms with Gasteiger partial charge in [-0.25, -0.2) is 4.68 Å². The van der Waals surface area contributed by atoms with Crippen molar-refractivity contribution in [1.29, 1.82) is 0 Å². The van der Waals surface area contributed by atoms with E-state index in [4.69, 9.17) is 15.6 Å². The van der Waals surface area contributed by atoms with E-state index in [2.05, 4.69) is 0 Å². The van der Waals surface area contributed by atoms with Gasteiger partial charge in [0.1, 0.15) is 17.1 Å². The lowest BCUT2D eigenvalue weighted by Crippen LogP contribution is -2.49. The van der Waals surface area contributed by atoms with Crippen molar-refractivity contribution in [2.24, 2.45) is 5.73 Å². The van der Waals surface area contributed by atoms with E-state index in [-0.39, 0.29) is 12.5 Å². The number of fused-ring (bicyclic) bond motifs is 1. The second-order valence-electron chi connectivity index (χ2n) is 7.03. The Labute approximate surface area is 182 Å². The maximum Gasteiger partial charge on any atom is 0.277 e. The molecule has 3 heterocycles. The van der Waals surface area contributed by atoms with Gasteiger partial charge in [-0.1, -0.05) is 36.4 Å². The zero-order valence-electron chi connectivity index (χ0n) is 16.3. The summed E-state index contributed by atoms with van der Waals surface area (Å²) in [5.41, 5.74) is 7.94. The highest BCUT2D eigenvalue weighted by Crippen LogP contribution is 2.35. The molecule has 0 bridgehead atoms. The van der Waals surface area contributed by atoms with Gasteiger partial charge in [0.05, 0.1) is 22.8 Å². The SMILES string of the molecule is NC(=O)[C@@H]1CN(C(=O)c2cc(-c3cccs3)nn2-c2ccccc2)c2ccccc2O1. The smallest absolute Gasteiger partial charge is 0.277 e. The van der Waals surface area contributed by atoms with E-state index in [1.807, 2.05) is 53.9 Å². The van der Waals surface area contributed by atoms with Crippen LogP contribution in [0.5, 0.6) is 5.75 Å². The first-order valence-corrected chi connectivity index (χ1v) is 10.6. The van der Waals surface area contributed by atoms with E-state index in [0.717, 1.165) is 10.6 Å². The summed E-state index contributed by atoms with van der Waals surface area (Å²) in [4.78, 5) is 28.1. The molecule has 0 aliphatic carbocycles. The third-order valence-corrected chi connectivity index (χ3v) is 5.93. The number of rotatable bonds is 4. The number of thiophene rings is 1. The fraction of sp³-hybridized carbons (Fsp3) is 0.0870. The van der Waals surface area contributed by atoms with Crippen molar-refractivity contribution in [3.8, 4) is 22.0 Å². The molecule has 0 unspecified atom stereocenters. The molecule has 1 aliphatic rings. The minimum absolute atomic E-state index is 0.0273. The minimum atomic E-state index is -0.927. The molecule has 0 saturated carbocycles. The summed E-state index contributed by atoms with van der Waals surface area (Å²) in [5, 5.41) is 6.67. The predicted molar refractivity (Wildman–Crippen MR) is 119 cm³/mol. The predicted octanol–water partition coefficient (Wildman–Crippen LogP) is 3.49. The van der Waals surface area contributed by atoms with Gasteiger partial charge in [0.25, 0.3) is 11.8 Å². The maximum atomic E-state index is 13.8. The normalized spacial score (nSPS) is 15.2. The summed E-state index contributed by atoms with van der Waals surface area (Å²) in [6.45, 7) is 0.0273. The Balaban J connectivity index is 1.63. The van der Waals surface area contributed by atoms with E-state index in [1.54, 1.807) is 40.3 Å². The van der Waals surface area contributed by atoms with Crippen LogP contribution in [-0.2, 0) is 4.79 Å². The summed E-state index contributed by atoms with van der Waals surface area (Å²) in [6, 6.07) is 22.3. The minimum Gasteiger partial charge on any atom is -0.477 e. The summed E-state index contributed by atoms with van der Waals surface area (Å²) in [5.74, 6) is -0.473. The first-order valence-electron chi connectivity index (χ1n) is 9.68. The van der Waals surface area contributed by atoms with Crippen molar-refractivity contribution in [2.75, 3.05) is 11.4 Å². The zero-order chi connectivity index (χ0) is 21.4. The van der Waals surface area contributed by atoms with Crippen molar-refractivity contribution < 1.29 is 14.3 Å². The topological polar surface area (TPSA) is 90.5 Å². The van der Waals surface area contributed by atoms with Gasteiger partial charge in [0.2, 0.25) is 0 Å². The first kappa shape index (κ1) is 19.1. The number of ether oxygens (including phenoxy) is 1. The van der Waals surface area contributed by atoms with Crippen LogP contribution in [0.4, 0.5) is 5.69 Å². The molecule has 0 radical (unpaired) electrons. The number of nitrogens with two attached hydrogens (primary N) is 1. The van der Waals surface area contributed by atoms with Gasteiger partial charge in [-0.2, -0.15) is 5.10 Å². The average Bonchev–Trinajstić information content (AvgIpc) is 3.48. The molecule has 0 spiro atoms. The molecule has 154 valence electrons. The average molecular weight is 430 g/mol. The van der Waals surface area contributed by atoms with Crippen molar-refractivity contribution in [1.82, 2.24) is 9.78 Å². The number of amides is 2. The Kier molecular flexibility index (Phi) is 4.76. The van der Waals surface area contributed by atoms with Gasteiger partial charge in [-0.05, 0) is 41.8 Å². The van der Waals surface area contributed by atoms with Crippen LogP contribution in [0.2, 0.25) is 0 Å². The number of carbonyl (C=O) groups excluding carboxylic acids is 2. The van der Waals surface area contributed by atoms with Crippen molar-refractivity contribution in [2.45, 2.75) is 6.10 Å². The Morgan fingerprint density at radius 2 is 1.81 bits per heavy atom. The van der Waals surface area contributed by atoms with E-state index in [9.17, 15) is 9.59 Å². The van der Waals surface area contributed by atoms with Gasteiger partial charge < -0.3 is 10.5 Å². The van der Waals surface area contributed by atoms with Crippen LogP contribution in [0.25, 0.3) is 16.3 Å². The molecule has 0 fully saturated rings. The summed E-state index contributed by atoms with van der Waals surface area (Å²) in [7, 11) is 0. The summed E-state index contributed by atoms with van der Waals surface area (Å²) in [6.07, 6.45) is -0.927. The van der Waals surface area contributed by atoms with Gasteiger partial charge >= 0.3 is 0 Å². The molecule has 1 atom stereocenters. The maximum absolute atomic E-state index is 13.8. The molecular formula is C23H18N4O3S. The van der Waals surface area contributed by atoms with Gasteiger partial charge in [0.15, 0.2) is 6.10 Å². The van der Waals surface area contributed by atoms with E-state index in [1.165, 1.54) is 4.90 Å². The number of hydrogen-bond donors (Lipinski definition) is 1. The number of aromatic nitrogens is 2. The third-order valence-electron chi connectivity index (χ3n) is 5.04. The molecule has 2 amide bonds. The second-order valence-corrected chi connectivity index (χ2v) is 7.98. The quantitative estimate of drug-likeness (QED) is 0.537. The Bertz CT molecular complexity index is 1250. The molecule has 0 saturated heterocycles. The zero-order valence-corrected chi connectivity index (χ0v) is 17.2. The van der Waals surface area contributed by atoms with Crippen LogP contribution >= 0.6 is 11.3 Å². The lowest BCUT2D eigenvalue weighted by atomic mass is 10.1. The molecular weight excluding hydrogens is 412 g/mol. The van der Waals surface area contributed by atoms with Gasteiger partial charge in [-0.3, -0.25) is 14.5 Å². The van der Waals surface area contributed by atoms with Crippen LogP contribution < -0.4 is 15.4 Å². The molecule has 1 aliphatic heterocycles. The van der Waals surface area contributed by atoms with Crippen molar-refractivity contribution in [3.05, 3.63) is 83.9 Å². The fourth-order valence-electron chi connectivity index (χ4n) is 3.56. The standard InChI is InChI=1S/C23H18N4O3S/c24-22(28)20-14-26(17-9-4-5-10-19(17)30-20)23(29)18-13-16(21-11-6-12-31-21)25-27(18)15-7-2-1-3-8-15/h1-13,20H,14H2,(H2,24,28)/t20-/m0/s1. The number of primary amides is 1. The van der Waals surface area contributed by atoms with E-state index < -0.39 is 12.0 Å². The van der Waals surface area contributed by atoms with Crippen LogP contribution in [0, 0.1) is 0 Å². The van der Waals surface area contributed by atoms with Crippen molar-refractivity contribution in [3.63, 3.8) is 0 Å². The first-order chi connectivity index (χ1) is 15.1. The molecule has 8 heteroatoms. The molecule has 2 N–H and O–H groups in total. The fourth-order valence-corrected chi connectivity index (χ4v) is 4.24. The number of benzene rings is 2. The van der Waals surface area contributed by atoms with Crippen LogP contribution in [0.3, 0.4) is 0 Å². The van der Waals surface area contributed by atoms with E-state index in [0.29, 0.717) is 22.8 Å². The second kappa shape index (κ2) is 7.73. The van der Waals surface area contributed by atoms with Crippen LogP contribution in [0.15, 0.2) is 78.2 Å². The molecule has 31 heavy (non-hydrogen) atoms. The van der Waals surface area contributed by atoms with Crippen LogP contribution in [-0.4, -0.2) is 34.2 Å². The monoisotopic (exact) mass is 430 g/mol. The molecule has 4 aromatic rings. The van der Waals surface area contributed by atoms with Gasteiger partial charge in [0, 0.05) is 0 Å². The number of carbonyl (C=O) groups is 2. The molecule has 5 rings (SSSR count). The molecule has 2 aromatic carbocycles. The summed E-state index contributed by atoms with van der Waals surface area (Å²) < 4.78 is 7.33. The van der Waals surface area contributed by atoms with Gasteiger partial charge in [-0.15, -0.1) is 11.3 Å². The van der Waals surface area contributed by atoms with Crippen molar-refractivity contribution >= 4 is 28.8 Å². The Morgan fingerprint density at radius 1 is 1.03 bits per heavy atom. The molecule has 7 nitrogen and oxygen atoms in total. The lowest BCUT2D eigenvalue weighted by molar-refractivity contribution is -0.124. The van der Waals surface area contributed by atoms with Crippen LogP contribution in [0.1, 0.15) is 10.5 Å². The highest BCUT2D eigenvalue weighted by atomic mass is 32.1. The number of para-hydroxylation sites is 3. The number of hydrogen-bond acceptors (Lipinski definition) is 5. The Hall–Kier alpha value is -3.91. The highest BCUT2D eigenvalue weighted by Gasteiger charge is 2.34. The highest BCUT2D eigenvalue weighted by molar-refractivity contribution is 7.13. The Morgan fingerprint density at radius 3 is 2.55 bits per heavy atom. The third kappa shape index (κ3) is 3.47. The summed E-state index contributed by atoms with van der Waals surface area (Å²) >= 11 is 1.55. The number of anilines is 1. The largest absolute Gasteiger partial charge is 0.477 e.